The molecule has 2 aromatic carbocycles. The highest BCUT2D eigenvalue weighted by atomic mass is 35.5. The summed E-state index contributed by atoms with van der Waals surface area (Å²) >= 11 is 6.24. The van der Waals surface area contributed by atoms with Gasteiger partial charge in [0.2, 0.25) is 0 Å². The van der Waals surface area contributed by atoms with E-state index in [0.717, 1.165) is 11.3 Å². The Kier molecular flexibility index (Phi) is 5.54. The summed E-state index contributed by atoms with van der Waals surface area (Å²) in [6.07, 6.45) is 1.68. The van der Waals surface area contributed by atoms with Crippen LogP contribution in [0.2, 0.25) is 5.02 Å². The number of halogens is 1. The number of pyridine rings is 1. The van der Waals surface area contributed by atoms with Crippen molar-refractivity contribution in [2.45, 2.75) is 6.54 Å². The second-order valence-corrected chi connectivity index (χ2v) is 6.53. The van der Waals surface area contributed by atoms with Crippen LogP contribution in [0.3, 0.4) is 0 Å². The fourth-order valence-corrected chi connectivity index (χ4v) is 2.85. The highest BCUT2D eigenvalue weighted by Gasteiger charge is 2.21. The van der Waals surface area contributed by atoms with Gasteiger partial charge in [-0.3, -0.25) is 9.69 Å². The molecule has 0 unspecified atom stereocenters. The van der Waals surface area contributed by atoms with Gasteiger partial charge in [-0.25, -0.2) is 4.98 Å². The second-order valence-electron chi connectivity index (χ2n) is 6.12. The maximum absolute atomic E-state index is 13.1. The largest absolute Gasteiger partial charge is 0.378 e. The zero-order chi connectivity index (χ0) is 18.5. The van der Waals surface area contributed by atoms with Gasteiger partial charge in [-0.1, -0.05) is 41.9 Å². The number of carbonyl (C=O) groups is 1. The maximum Gasteiger partial charge on any atom is 0.261 e. The monoisotopic (exact) mass is 365 g/mol. The van der Waals surface area contributed by atoms with Gasteiger partial charge in [0.1, 0.15) is 5.82 Å². The number of anilines is 2. The molecule has 1 amide bonds. The minimum absolute atomic E-state index is 0.175. The summed E-state index contributed by atoms with van der Waals surface area (Å²) in [6.45, 7) is 0.411. The molecule has 5 heteroatoms. The normalized spacial score (nSPS) is 10.4. The van der Waals surface area contributed by atoms with E-state index in [1.165, 1.54) is 0 Å². The van der Waals surface area contributed by atoms with E-state index in [4.69, 9.17) is 11.6 Å². The fourth-order valence-electron chi connectivity index (χ4n) is 2.63. The first-order valence-corrected chi connectivity index (χ1v) is 8.68. The molecule has 3 rings (SSSR count). The zero-order valence-electron chi connectivity index (χ0n) is 14.8. The van der Waals surface area contributed by atoms with Crippen molar-refractivity contribution in [3.05, 3.63) is 89.1 Å². The minimum atomic E-state index is -0.175. The Morgan fingerprint density at radius 2 is 1.65 bits per heavy atom. The van der Waals surface area contributed by atoms with Crippen LogP contribution in [0, 0.1) is 0 Å². The Labute approximate surface area is 158 Å². The standard InChI is InChI=1S/C21H20ClN3O/c1-24(2)17-12-10-16(11-13-17)15-25(20-9-5-6-14-23-20)21(26)18-7-3-4-8-19(18)22/h3-14H,15H2,1-2H3. The third-order valence-corrected chi connectivity index (χ3v) is 4.40. The molecule has 3 aromatic rings. The van der Waals surface area contributed by atoms with E-state index in [0.29, 0.717) is 22.9 Å². The number of nitrogens with zero attached hydrogens (tertiary/aromatic N) is 3. The van der Waals surface area contributed by atoms with E-state index in [9.17, 15) is 4.79 Å². The molecular weight excluding hydrogens is 346 g/mol. The summed E-state index contributed by atoms with van der Waals surface area (Å²) in [5.41, 5.74) is 2.59. The number of aromatic nitrogens is 1. The van der Waals surface area contributed by atoms with E-state index < -0.39 is 0 Å². The quantitative estimate of drug-likeness (QED) is 0.660. The molecule has 1 aromatic heterocycles. The number of benzene rings is 2. The average Bonchev–Trinajstić information content (AvgIpc) is 2.67. The molecule has 0 N–H and O–H groups in total. The number of hydrogen-bond donors (Lipinski definition) is 0. The lowest BCUT2D eigenvalue weighted by Crippen LogP contribution is -2.31. The predicted octanol–water partition coefficient (Wildman–Crippen LogP) is 4.65. The minimum Gasteiger partial charge on any atom is -0.378 e. The highest BCUT2D eigenvalue weighted by molar-refractivity contribution is 6.34. The summed E-state index contributed by atoms with van der Waals surface area (Å²) < 4.78 is 0. The Morgan fingerprint density at radius 3 is 2.27 bits per heavy atom. The molecule has 0 aliphatic heterocycles. The molecule has 26 heavy (non-hydrogen) atoms. The first kappa shape index (κ1) is 18.0. The topological polar surface area (TPSA) is 36.4 Å². The van der Waals surface area contributed by atoms with Crippen molar-refractivity contribution in [3.63, 3.8) is 0 Å². The summed E-state index contributed by atoms with van der Waals surface area (Å²) in [7, 11) is 3.99. The van der Waals surface area contributed by atoms with Crippen molar-refractivity contribution in [1.82, 2.24) is 4.98 Å². The van der Waals surface area contributed by atoms with Crippen LogP contribution in [0.25, 0.3) is 0 Å². The molecule has 132 valence electrons. The SMILES string of the molecule is CN(C)c1ccc(CN(C(=O)c2ccccc2Cl)c2ccccn2)cc1. The van der Waals surface area contributed by atoms with Crippen molar-refractivity contribution < 1.29 is 4.79 Å². The van der Waals surface area contributed by atoms with Crippen molar-refractivity contribution in [2.24, 2.45) is 0 Å². The van der Waals surface area contributed by atoms with Gasteiger partial charge in [0.05, 0.1) is 17.1 Å². The molecule has 0 aliphatic rings. The van der Waals surface area contributed by atoms with Gasteiger partial charge in [0.25, 0.3) is 5.91 Å². The molecule has 0 spiro atoms. The van der Waals surface area contributed by atoms with Gasteiger partial charge in [-0.2, -0.15) is 0 Å². The zero-order valence-corrected chi connectivity index (χ0v) is 15.5. The van der Waals surface area contributed by atoms with E-state index >= 15 is 0 Å². The van der Waals surface area contributed by atoms with Crippen LogP contribution in [0.1, 0.15) is 15.9 Å². The molecule has 1 heterocycles. The summed E-state index contributed by atoms with van der Waals surface area (Å²) in [5.74, 6) is 0.417. The number of carbonyl (C=O) groups excluding carboxylic acids is 1. The molecule has 0 aliphatic carbocycles. The van der Waals surface area contributed by atoms with Crippen molar-refractivity contribution >= 4 is 29.0 Å². The van der Waals surface area contributed by atoms with Gasteiger partial charge in [-0.15, -0.1) is 0 Å². The van der Waals surface area contributed by atoms with Crippen molar-refractivity contribution in [1.29, 1.82) is 0 Å². The lowest BCUT2D eigenvalue weighted by molar-refractivity contribution is 0.0984. The van der Waals surface area contributed by atoms with Crippen LogP contribution in [0.5, 0.6) is 0 Å². The van der Waals surface area contributed by atoms with Crippen LogP contribution in [-0.4, -0.2) is 25.0 Å². The predicted molar refractivity (Wildman–Crippen MR) is 107 cm³/mol. The van der Waals surface area contributed by atoms with Crippen LogP contribution in [-0.2, 0) is 6.54 Å². The second kappa shape index (κ2) is 8.02. The maximum atomic E-state index is 13.1. The van der Waals surface area contributed by atoms with Crippen molar-refractivity contribution in [3.8, 4) is 0 Å². The van der Waals surface area contributed by atoms with Crippen LogP contribution in [0.4, 0.5) is 11.5 Å². The Hall–Kier alpha value is -2.85. The van der Waals surface area contributed by atoms with Crippen LogP contribution < -0.4 is 9.80 Å². The number of hydrogen-bond acceptors (Lipinski definition) is 3. The molecule has 0 fully saturated rings. The molecule has 0 bridgehead atoms. The Bertz CT molecular complexity index is 879. The molecule has 0 radical (unpaired) electrons. The molecule has 0 saturated carbocycles. The van der Waals surface area contributed by atoms with Gasteiger partial charge in [0, 0.05) is 26.0 Å². The smallest absolute Gasteiger partial charge is 0.261 e. The lowest BCUT2D eigenvalue weighted by Gasteiger charge is -2.23. The van der Waals surface area contributed by atoms with E-state index in [-0.39, 0.29) is 5.91 Å². The summed E-state index contributed by atoms with van der Waals surface area (Å²) in [4.78, 5) is 21.2. The first-order chi connectivity index (χ1) is 12.6. The third kappa shape index (κ3) is 4.03. The number of rotatable bonds is 5. The van der Waals surface area contributed by atoms with Crippen LogP contribution >= 0.6 is 11.6 Å². The van der Waals surface area contributed by atoms with Crippen molar-refractivity contribution in [2.75, 3.05) is 23.9 Å². The Balaban J connectivity index is 1.94. The van der Waals surface area contributed by atoms with Gasteiger partial charge >= 0.3 is 0 Å². The van der Waals surface area contributed by atoms with E-state index in [1.807, 2.05) is 73.6 Å². The Morgan fingerprint density at radius 1 is 0.962 bits per heavy atom. The first-order valence-electron chi connectivity index (χ1n) is 8.30. The summed E-state index contributed by atoms with van der Waals surface area (Å²) in [5, 5.41) is 0.432. The summed E-state index contributed by atoms with van der Waals surface area (Å²) in [6, 6.07) is 20.7. The van der Waals surface area contributed by atoms with Gasteiger partial charge in [-0.05, 0) is 42.0 Å². The van der Waals surface area contributed by atoms with E-state index in [1.54, 1.807) is 23.2 Å². The molecule has 4 nitrogen and oxygen atoms in total. The van der Waals surface area contributed by atoms with E-state index in [2.05, 4.69) is 4.98 Å². The molecule has 0 atom stereocenters. The molecular formula is C21H20ClN3O. The fraction of sp³-hybridized carbons (Fsp3) is 0.143. The lowest BCUT2D eigenvalue weighted by atomic mass is 10.1. The van der Waals surface area contributed by atoms with Crippen LogP contribution in [0.15, 0.2) is 72.9 Å². The van der Waals surface area contributed by atoms with Gasteiger partial charge < -0.3 is 4.90 Å². The number of amides is 1. The van der Waals surface area contributed by atoms with Gasteiger partial charge in [0.15, 0.2) is 0 Å². The average molecular weight is 366 g/mol. The third-order valence-electron chi connectivity index (χ3n) is 4.07. The highest BCUT2D eigenvalue weighted by Crippen LogP contribution is 2.23. The molecule has 0 saturated heterocycles.